The maximum Gasteiger partial charge on any atom is 0.268 e. The second kappa shape index (κ2) is 4.90. The first kappa shape index (κ1) is 12.6. The Labute approximate surface area is 119 Å². The normalized spacial score (nSPS) is 10.7. The van der Waals surface area contributed by atoms with Crippen LogP contribution in [0.15, 0.2) is 36.7 Å². The van der Waals surface area contributed by atoms with Gasteiger partial charge in [-0.15, -0.1) is 11.3 Å². The zero-order valence-corrected chi connectivity index (χ0v) is 11.6. The van der Waals surface area contributed by atoms with Crippen LogP contribution in [0.3, 0.4) is 0 Å². The monoisotopic (exact) mass is 284 g/mol. The lowest BCUT2D eigenvalue weighted by molar-refractivity contribution is 0.103. The van der Waals surface area contributed by atoms with E-state index in [0.717, 1.165) is 11.3 Å². The lowest BCUT2D eigenvalue weighted by Crippen LogP contribution is -2.12. The molecule has 2 heterocycles. The zero-order valence-electron chi connectivity index (χ0n) is 10.8. The molecule has 0 saturated heterocycles. The summed E-state index contributed by atoms with van der Waals surface area (Å²) in [5.74, 6) is -0.235. The number of carbonyl (C=O) groups is 1. The molecule has 6 heteroatoms. The molecule has 0 radical (unpaired) electrons. The first-order chi connectivity index (χ1) is 9.66. The topological polar surface area (TPSA) is 80.9 Å². The van der Waals surface area contributed by atoms with Gasteiger partial charge in [-0.3, -0.25) is 4.79 Å². The van der Waals surface area contributed by atoms with Gasteiger partial charge in [-0.05, 0) is 18.6 Å². The molecule has 0 aliphatic rings. The zero-order chi connectivity index (χ0) is 14.1. The molecular formula is C14H12N4OS. The Bertz CT molecular complexity index is 797. The Hall–Kier alpha value is -2.47. The molecule has 3 N–H and O–H groups in total. The van der Waals surface area contributed by atoms with E-state index in [0.29, 0.717) is 20.9 Å². The van der Waals surface area contributed by atoms with Crippen LogP contribution < -0.4 is 11.1 Å². The number of para-hydroxylation sites is 1. The molecule has 1 amide bonds. The molecule has 0 aliphatic carbocycles. The van der Waals surface area contributed by atoms with E-state index in [2.05, 4.69) is 15.3 Å². The summed E-state index contributed by atoms with van der Waals surface area (Å²) < 4.78 is 0. The highest BCUT2D eigenvalue weighted by atomic mass is 32.1. The van der Waals surface area contributed by atoms with Crippen LogP contribution in [0.2, 0.25) is 0 Å². The Morgan fingerprint density at radius 2 is 2.00 bits per heavy atom. The number of anilines is 2. The Kier molecular flexibility index (Phi) is 3.08. The van der Waals surface area contributed by atoms with Crippen LogP contribution in [0.5, 0.6) is 0 Å². The fourth-order valence-corrected chi connectivity index (χ4v) is 2.82. The molecule has 0 unspecified atom stereocenters. The molecule has 3 aromatic rings. The van der Waals surface area contributed by atoms with Gasteiger partial charge < -0.3 is 11.1 Å². The Morgan fingerprint density at radius 3 is 2.75 bits per heavy atom. The largest absolute Gasteiger partial charge is 0.396 e. The summed E-state index contributed by atoms with van der Waals surface area (Å²) in [5, 5.41) is 2.86. The molecule has 0 fully saturated rings. The standard InChI is InChI=1S/C14H12N4OS/c1-8-4-2-3-5-9(8)18-13(19)12-10(15)11-14(20-12)17-7-6-16-11/h2-7H,15H2,1H3,(H,18,19). The summed E-state index contributed by atoms with van der Waals surface area (Å²) in [6.45, 7) is 1.94. The number of benzene rings is 1. The van der Waals surface area contributed by atoms with Gasteiger partial charge in [-0.25, -0.2) is 9.97 Å². The number of hydrogen-bond donors (Lipinski definition) is 2. The Morgan fingerprint density at radius 1 is 1.25 bits per heavy atom. The van der Waals surface area contributed by atoms with Gasteiger partial charge in [0.15, 0.2) is 0 Å². The fourth-order valence-electron chi connectivity index (χ4n) is 1.90. The number of aromatic nitrogens is 2. The van der Waals surface area contributed by atoms with Crippen molar-refractivity contribution in [3.8, 4) is 0 Å². The smallest absolute Gasteiger partial charge is 0.268 e. The van der Waals surface area contributed by atoms with Gasteiger partial charge in [0, 0.05) is 18.1 Å². The molecule has 0 atom stereocenters. The number of nitrogen functional groups attached to an aromatic ring is 1. The van der Waals surface area contributed by atoms with Crippen molar-refractivity contribution in [2.24, 2.45) is 0 Å². The molecule has 0 spiro atoms. The molecule has 0 aliphatic heterocycles. The lowest BCUT2D eigenvalue weighted by atomic mass is 10.2. The predicted molar refractivity (Wildman–Crippen MR) is 81.0 cm³/mol. The number of carbonyl (C=O) groups excluding carboxylic acids is 1. The second-order valence-electron chi connectivity index (χ2n) is 4.32. The summed E-state index contributed by atoms with van der Waals surface area (Å²) in [6.07, 6.45) is 3.15. The average Bonchev–Trinajstić information content (AvgIpc) is 2.79. The Balaban J connectivity index is 1.97. The molecule has 5 nitrogen and oxygen atoms in total. The number of aryl methyl sites for hydroxylation is 1. The molecular weight excluding hydrogens is 272 g/mol. The molecule has 2 aromatic heterocycles. The van der Waals surface area contributed by atoms with Gasteiger partial charge in [0.05, 0.1) is 5.69 Å². The SMILES string of the molecule is Cc1ccccc1NC(=O)c1sc2nccnc2c1N. The molecule has 100 valence electrons. The van der Waals surface area contributed by atoms with Crippen LogP contribution in [0, 0.1) is 6.92 Å². The van der Waals surface area contributed by atoms with Gasteiger partial charge in [0.1, 0.15) is 15.2 Å². The van der Waals surface area contributed by atoms with Crippen molar-refractivity contribution in [3.63, 3.8) is 0 Å². The van der Waals surface area contributed by atoms with E-state index in [-0.39, 0.29) is 5.91 Å². The number of nitrogens with zero attached hydrogens (tertiary/aromatic N) is 2. The number of nitrogens with one attached hydrogen (secondary N) is 1. The van der Waals surface area contributed by atoms with Crippen molar-refractivity contribution in [1.82, 2.24) is 9.97 Å². The second-order valence-corrected chi connectivity index (χ2v) is 5.32. The highest BCUT2D eigenvalue weighted by Crippen LogP contribution is 2.31. The summed E-state index contributed by atoms with van der Waals surface area (Å²) in [4.78, 5) is 21.7. The minimum Gasteiger partial charge on any atom is -0.396 e. The van der Waals surface area contributed by atoms with Crippen LogP contribution in [0.1, 0.15) is 15.2 Å². The number of hydrogen-bond acceptors (Lipinski definition) is 5. The van der Waals surface area contributed by atoms with Gasteiger partial charge in [0.25, 0.3) is 5.91 Å². The van der Waals surface area contributed by atoms with E-state index >= 15 is 0 Å². The summed E-state index contributed by atoms with van der Waals surface area (Å²) in [7, 11) is 0. The maximum absolute atomic E-state index is 12.3. The van der Waals surface area contributed by atoms with Gasteiger partial charge in [0.2, 0.25) is 0 Å². The van der Waals surface area contributed by atoms with E-state index in [4.69, 9.17) is 5.73 Å². The fraction of sp³-hybridized carbons (Fsp3) is 0.0714. The van der Waals surface area contributed by atoms with Crippen LogP contribution >= 0.6 is 11.3 Å². The third-order valence-corrected chi connectivity index (χ3v) is 4.06. The van der Waals surface area contributed by atoms with Gasteiger partial charge in [-0.2, -0.15) is 0 Å². The highest BCUT2D eigenvalue weighted by molar-refractivity contribution is 7.21. The molecule has 3 rings (SSSR count). The predicted octanol–water partition coefficient (Wildman–Crippen LogP) is 2.83. The van der Waals surface area contributed by atoms with E-state index in [1.165, 1.54) is 11.3 Å². The summed E-state index contributed by atoms with van der Waals surface area (Å²) >= 11 is 1.25. The lowest BCUT2D eigenvalue weighted by Gasteiger charge is -2.07. The van der Waals surface area contributed by atoms with E-state index < -0.39 is 0 Å². The van der Waals surface area contributed by atoms with Gasteiger partial charge >= 0.3 is 0 Å². The van der Waals surface area contributed by atoms with E-state index in [1.54, 1.807) is 12.4 Å². The molecule has 1 aromatic carbocycles. The van der Waals surface area contributed by atoms with Crippen LogP contribution in [-0.2, 0) is 0 Å². The number of amides is 1. The van der Waals surface area contributed by atoms with Crippen molar-refractivity contribution in [2.75, 3.05) is 11.1 Å². The highest BCUT2D eigenvalue weighted by Gasteiger charge is 2.18. The quantitative estimate of drug-likeness (QED) is 0.758. The van der Waals surface area contributed by atoms with Crippen molar-refractivity contribution in [3.05, 3.63) is 47.1 Å². The third-order valence-electron chi connectivity index (χ3n) is 2.96. The number of nitrogens with two attached hydrogens (primary N) is 1. The van der Waals surface area contributed by atoms with Crippen LogP contribution in [0.25, 0.3) is 10.3 Å². The van der Waals surface area contributed by atoms with Crippen molar-refractivity contribution >= 4 is 39.0 Å². The number of rotatable bonds is 2. The molecule has 0 saturated carbocycles. The summed E-state index contributed by atoms with van der Waals surface area (Å²) in [6, 6.07) is 7.59. The number of thiophene rings is 1. The van der Waals surface area contributed by atoms with Gasteiger partial charge in [-0.1, -0.05) is 18.2 Å². The first-order valence-corrected chi connectivity index (χ1v) is 6.84. The first-order valence-electron chi connectivity index (χ1n) is 6.03. The molecule has 20 heavy (non-hydrogen) atoms. The minimum atomic E-state index is -0.235. The van der Waals surface area contributed by atoms with Crippen LogP contribution in [-0.4, -0.2) is 15.9 Å². The van der Waals surface area contributed by atoms with Crippen molar-refractivity contribution in [1.29, 1.82) is 0 Å². The van der Waals surface area contributed by atoms with Crippen molar-refractivity contribution in [2.45, 2.75) is 6.92 Å². The summed E-state index contributed by atoms with van der Waals surface area (Å²) in [5.41, 5.74) is 8.70. The maximum atomic E-state index is 12.3. The van der Waals surface area contributed by atoms with Crippen LogP contribution in [0.4, 0.5) is 11.4 Å². The van der Waals surface area contributed by atoms with E-state index in [1.807, 2.05) is 31.2 Å². The van der Waals surface area contributed by atoms with E-state index in [9.17, 15) is 4.79 Å². The minimum absolute atomic E-state index is 0.235. The average molecular weight is 284 g/mol. The third kappa shape index (κ3) is 2.10. The van der Waals surface area contributed by atoms with Crippen molar-refractivity contribution < 1.29 is 4.79 Å². The molecule has 0 bridgehead atoms. The number of fused-ring (bicyclic) bond motifs is 1.